The van der Waals surface area contributed by atoms with Crippen LogP contribution < -0.4 is 0 Å². The Morgan fingerprint density at radius 2 is 1.50 bits per heavy atom. The molecule has 2 rings (SSSR count). The molecule has 0 aliphatic carbocycles. The van der Waals surface area contributed by atoms with Gasteiger partial charge in [-0.15, -0.1) is 0 Å². The number of hydrogen-bond donors (Lipinski definition) is 0. The van der Waals surface area contributed by atoms with E-state index in [9.17, 15) is 0 Å². The number of unbranched alkanes of at least 4 members (excludes halogenated alkanes) is 5. The Labute approximate surface area is 138 Å². The summed E-state index contributed by atoms with van der Waals surface area (Å²) in [5, 5.41) is 0. The summed E-state index contributed by atoms with van der Waals surface area (Å²) in [7, 11) is 0. The van der Waals surface area contributed by atoms with E-state index in [0.717, 1.165) is 0 Å². The topological polar surface area (TPSA) is 3.24 Å². The molecule has 1 aromatic rings. The Balaban J connectivity index is 2.01. The van der Waals surface area contributed by atoms with Crippen molar-refractivity contribution < 1.29 is 0 Å². The highest BCUT2D eigenvalue weighted by molar-refractivity contribution is 5.25. The molecule has 1 nitrogen and oxygen atoms in total. The molecule has 1 saturated heterocycles. The van der Waals surface area contributed by atoms with Crippen LogP contribution in [0, 0.1) is 0 Å². The van der Waals surface area contributed by atoms with Gasteiger partial charge in [0.15, 0.2) is 0 Å². The molecule has 1 aromatic carbocycles. The van der Waals surface area contributed by atoms with Crippen LogP contribution >= 0.6 is 0 Å². The van der Waals surface area contributed by atoms with E-state index in [-0.39, 0.29) is 0 Å². The second kappa shape index (κ2) is 9.35. The minimum Gasteiger partial charge on any atom is -0.294 e. The molecule has 1 fully saturated rings. The lowest BCUT2D eigenvalue weighted by Crippen LogP contribution is -2.44. The van der Waals surface area contributed by atoms with Gasteiger partial charge >= 0.3 is 0 Å². The molecule has 124 valence electrons. The minimum atomic E-state index is 0.294. The molecule has 1 heterocycles. The Morgan fingerprint density at radius 1 is 0.864 bits per heavy atom. The standard InChI is InChI=1S/C21H35N/c1-3-5-6-7-8-12-17-21(4-2,22-18-13-14-19-22)20-15-10-9-11-16-20/h9-11,15-16H,3-8,12-14,17-19H2,1-2H3. The van der Waals surface area contributed by atoms with Gasteiger partial charge in [-0.2, -0.15) is 0 Å². The first-order chi connectivity index (χ1) is 10.8. The maximum Gasteiger partial charge on any atom is 0.0458 e. The van der Waals surface area contributed by atoms with Crippen LogP contribution in [0.3, 0.4) is 0 Å². The highest BCUT2D eigenvalue weighted by Crippen LogP contribution is 2.39. The summed E-state index contributed by atoms with van der Waals surface area (Å²) in [6.45, 7) is 7.27. The number of hydrogen-bond acceptors (Lipinski definition) is 1. The molecule has 1 unspecified atom stereocenters. The van der Waals surface area contributed by atoms with E-state index in [1.165, 1.54) is 77.3 Å². The van der Waals surface area contributed by atoms with E-state index >= 15 is 0 Å². The lowest BCUT2D eigenvalue weighted by atomic mass is 9.80. The van der Waals surface area contributed by atoms with Crippen LogP contribution in [0.25, 0.3) is 0 Å². The summed E-state index contributed by atoms with van der Waals surface area (Å²) < 4.78 is 0. The lowest BCUT2D eigenvalue weighted by molar-refractivity contribution is 0.0952. The van der Waals surface area contributed by atoms with Gasteiger partial charge in [-0.05, 0) is 44.3 Å². The van der Waals surface area contributed by atoms with Gasteiger partial charge in [0.25, 0.3) is 0 Å². The molecule has 1 atom stereocenters. The van der Waals surface area contributed by atoms with E-state index in [0.29, 0.717) is 5.54 Å². The highest BCUT2D eigenvalue weighted by Gasteiger charge is 2.37. The fourth-order valence-corrected chi connectivity index (χ4v) is 4.18. The summed E-state index contributed by atoms with van der Waals surface area (Å²) in [5.41, 5.74) is 1.84. The first kappa shape index (κ1) is 17.5. The van der Waals surface area contributed by atoms with Gasteiger partial charge in [0, 0.05) is 5.54 Å². The Bertz CT molecular complexity index is 394. The third-order valence-electron chi connectivity index (χ3n) is 5.55. The molecule has 0 radical (unpaired) electrons. The molecule has 0 N–H and O–H groups in total. The first-order valence-corrected chi connectivity index (χ1v) is 9.64. The summed E-state index contributed by atoms with van der Waals surface area (Å²) in [5.74, 6) is 0. The molecular weight excluding hydrogens is 266 g/mol. The zero-order valence-electron chi connectivity index (χ0n) is 14.8. The quantitative estimate of drug-likeness (QED) is 0.469. The van der Waals surface area contributed by atoms with Crippen molar-refractivity contribution in [3.8, 4) is 0 Å². The lowest BCUT2D eigenvalue weighted by Gasteiger charge is -2.42. The second-order valence-corrected chi connectivity index (χ2v) is 6.96. The number of benzene rings is 1. The summed E-state index contributed by atoms with van der Waals surface area (Å²) in [6, 6.07) is 11.3. The van der Waals surface area contributed by atoms with Crippen molar-refractivity contribution in [3.63, 3.8) is 0 Å². The van der Waals surface area contributed by atoms with Crippen LogP contribution in [-0.4, -0.2) is 18.0 Å². The maximum atomic E-state index is 2.79. The Morgan fingerprint density at radius 3 is 2.14 bits per heavy atom. The van der Waals surface area contributed by atoms with Gasteiger partial charge in [0.1, 0.15) is 0 Å². The third-order valence-corrected chi connectivity index (χ3v) is 5.55. The smallest absolute Gasteiger partial charge is 0.0458 e. The van der Waals surface area contributed by atoms with Crippen molar-refractivity contribution in [1.29, 1.82) is 0 Å². The van der Waals surface area contributed by atoms with Crippen LogP contribution in [0.2, 0.25) is 0 Å². The fourth-order valence-electron chi connectivity index (χ4n) is 4.18. The molecule has 1 heteroatoms. The van der Waals surface area contributed by atoms with Gasteiger partial charge in [-0.3, -0.25) is 4.90 Å². The summed E-state index contributed by atoms with van der Waals surface area (Å²) in [6.07, 6.45) is 13.7. The van der Waals surface area contributed by atoms with Crippen molar-refractivity contribution in [1.82, 2.24) is 4.90 Å². The van der Waals surface area contributed by atoms with Crippen LogP contribution in [0.4, 0.5) is 0 Å². The van der Waals surface area contributed by atoms with E-state index in [2.05, 4.69) is 49.1 Å². The average molecular weight is 302 g/mol. The van der Waals surface area contributed by atoms with Crippen LogP contribution in [-0.2, 0) is 5.54 Å². The average Bonchev–Trinajstić information content (AvgIpc) is 3.10. The SMILES string of the molecule is CCCCCCCCC(CC)(c1ccccc1)N1CCCC1. The maximum absolute atomic E-state index is 2.79. The Hall–Kier alpha value is -0.820. The molecule has 0 saturated carbocycles. The highest BCUT2D eigenvalue weighted by atomic mass is 15.2. The van der Waals surface area contributed by atoms with E-state index < -0.39 is 0 Å². The number of rotatable bonds is 10. The van der Waals surface area contributed by atoms with Crippen molar-refractivity contribution in [2.75, 3.05) is 13.1 Å². The minimum absolute atomic E-state index is 0.294. The summed E-state index contributed by atoms with van der Waals surface area (Å²) in [4.78, 5) is 2.79. The molecule has 22 heavy (non-hydrogen) atoms. The summed E-state index contributed by atoms with van der Waals surface area (Å²) >= 11 is 0. The van der Waals surface area contributed by atoms with Gasteiger partial charge in [0.2, 0.25) is 0 Å². The van der Waals surface area contributed by atoms with Gasteiger partial charge in [-0.1, -0.05) is 82.7 Å². The zero-order valence-corrected chi connectivity index (χ0v) is 14.8. The largest absolute Gasteiger partial charge is 0.294 e. The second-order valence-electron chi connectivity index (χ2n) is 6.96. The molecule has 0 bridgehead atoms. The van der Waals surface area contributed by atoms with E-state index in [4.69, 9.17) is 0 Å². The third kappa shape index (κ3) is 4.35. The van der Waals surface area contributed by atoms with Gasteiger partial charge < -0.3 is 0 Å². The predicted molar refractivity (Wildman–Crippen MR) is 97.2 cm³/mol. The van der Waals surface area contributed by atoms with E-state index in [1.54, 1.807) is 5.56 Å². The van der Waals surface area contributed by atoms with Crippen molar-refractivity contribution >= 4 is 0 Å². The molecule has 1 aliphatic heterocycles. The van der Waals surface area contributed by atoms with E-state index in [1.807, 2.05) is 0 Å². The number of nitrogens with zero attached hydrogens (tertiary/aromatic N) is 1. The Kier molecular flexibility index (Phi) is 7.45. The first-order valence-electron chi connectivity index (χ1n) is 9.64. The molecule has 0 aromatic heterocycles. The normalized spacial score (nSPS) is 18.5. The zero-order chi connectivity index (χ0) is 15.7. The number of likely N-dealkylation sites (tertiary alicyclic amines) is 1. The molecule has 0 amide bonds. The van der Waals surface area contributed by atoms with Crippen molar-refractivity contribution in [2.24, 2.45) is 0 Å². The molecule has 0 spiro atoms. The fraction of sp³-hybridized carbons (Fsp3) is 0.714. The van der Waals surface area contributed by atoms with Crippen LogP contribution in [0.1, 0.15) is 83.6 Å². The monoisotopic (exact) mass is 301 g/mol. The predicted octanol–water partition coefficient (Wildman–Crippen LogP) is 6.14. The van der Waals surface area contributed by atoms with Crippen molar-refractivity contribution in [3.05, 3.63) is 35.9 Å². The van der Waals surface area contributed by atoms with Crippen molar-refractivity contribution in [2.45, 2.75) is 83.6 Å². The molecule has 1 aliphatic rings. The molecular formula is C21H35N. The van der Waals surface area contributed by atoms with Gasteiger partial charge in [-0.25, -0.2) is 0 Å². The van der Waals surface area contributed by atoms with Gasteiger partial charge in [0.05, 0.1) is 0 Å². The van der Waals surface area contributed by atoms with Crippen LogP contribution in [0.5, 0.6) is 0 Å². The van der Waals surface area contributed by atoms with Crippen LogP contribution in [0.15, 0.2) is 30.3 Å².